The third-order valence-corrected chi connectivity index (χ3v) is 4.20. The summed E-state index contributed by atoms with van der Waals surface area (Å²) in [5.41, 5.74) is 0.757. The van der Waals surface area contributed by atoms with Gasteiger partial charge in [-0.05, 0) is 37.1 Å². The van der Waals surface area contributed by atoms with Crippen molar-refractivity contribution in [2.24, 2.45) is 5.92 Å². The lowest BCUT2D eigenvalue weighted by atomic mass is 10.1. The standard InChI is InChI=1S/C16H21ClN2O3/c1-2-13(7-8-20)18-16(22)11-9-15(21)19(10-11)14-5-3-12(17)4-6-14/h3-6,11,13,20H,2,7-10H2,1H3,(H,18,22). The molecule has 2 atom stereocenters. The number of hydrogen-bond acceptors (Lipinski definition) is 3. The molecular formula is C16H21ClN2O3. The van der Waals surface area contributed by atoms with Gasteiger partial charge in [0.05, 0.1) is 5.92 Å². The minimum Gasteiger partial charge on any atom is -0.396 e. The number of nitrogens with zero attached hydrogens (tertiary/aromatic N) is 1. The minimum atomic E-state index is -0.351. The molecule has 1 fully saturated rings. The van der Waals surface area contributed by atoms with E-state index in [4.69, 9.17) is 16.7 Å². The molecule has 1 aliphatic heterocycles. The first-order chi connectivity index (χ1) is 10.5. The van der Waals surface area contributed by atoms with Crippen LogP contribution in [0.25, 0.3) is 0 Å². The zero-order valence-electron chi connectivity index (χ0n) is 12.6. The van der Waals surface area contributed by atoms with Crippen LogP contribution in [0.2, 0.25) is 5.02 Å². The van der Waals surface area contributed by atoms with Crippen LogP contribution in [-0.4, -0.2) is 36.1 Å². The quantitative estimate of drug-likeness (QED) is 0.840. The Kier molecular flexibility index (Phi) is 5.80. The van der Waals surface area contributed by atoms with Gasteiger partial charge >= 0.3 is 0 Å². The Morgan fingerprint density at radius 2 is 2.14 bits per heavy atom. The molecule has 1 aromatic carbocycles. The van der Waals surface area contributed by atoms with Crippen LogP contribution in [0.15, 0.2) is 24.3 Å². The van der Waals surface area contributed by atoms with E-state index in [1.54, 1.807) is 29.2 Å². The van der Waals surface area contributed by atoms with E-state index in [1.165, 1.54) is 0 Å². The highest BCUT2D eigenvalue weighted by atomic mass is 35.5. The van der Waals surface area contributed by atoms with Crippen LogP contribution in [-0.2, 0) is 9.59 Å². The van der Waals surface area contributed by atoms with Gasteiger partial charge in [0.15, 0.2) is 0 Å². The maximum atomic E-state index is 12.3. The number of carbonyl (C=O) groups excluding carboxylic acids is 2. The fourth-order valence-electron chi connectivity index (χ4n) is 2.61. The highest BCUT2D eigenvalue weighted by Crippen LogP contribution is 2.26. The number of rotatable bonds is 6. The van der Waals surface area contributed by atoms with E-state index in [0.29, 0.717) is 18.0 Å². The highest BCUT2D eigenvalue weighted by molar-refractivity contribution is 6.30. The average Bonchev–Trinajstić information content (AvgIpc) is 2.89. The molecule has 5 nitrogen and oxygen atoms in total. The summed E-state index contributed by atoms with van der Waals surface area (Å²) < 4.78 is 0. The van der Waals surface area contributed by atoms with Gasteiger partial charge in [0, 0.05) is 36.3 Å². The summed E-state index contributed by atoms with van der Waals surface area (Å²) in [5, 5.41) is 12.5. The van der Waals surface area contributed by atoms with Gasteiger partial charge < -0.3 is 15.3 Å². The summed E-state index contributed by atoms with van der Waals surface area (Å²) in [7, 11) is 0. The molecule has 0 saturated carbocycles. The molecule has 2 amide bonds. The van der Waals surface area contributed by atoms with Crippen molar-refractivity contribution in [2.45, 2.75) is 32.2 Å². The highest BCUT2D eigenvalue weighted by Gasteiger charge is 2.35. The first-order valence-corrected chi connectivity index (χ1v) is 7.90. The summed E-state index contributed by atoms with van der Waals surface area (Å²) in [6.07, 6.45) is 1.50. The fraction of sp³-hybridized carbons (Fsp3) is 0.500. The van der Waals surface area contributed by atoms with Crippen LogP contribution < -0.4 is 10.2 Å². The second kappa shape index (κ2) is 7.61. The van der Waals surface area contributed by atoms with Crippen LogP contribution in [0.5, 0.6) is 0 Å². The summed E-state index contributed by atoms with van der Waals surface area (Å²) in [5.74, 6) is -0.529. The van der Waals surface area contributed by atoms with Crippen molar-refractivity contribution in [3.63, 3.8) is 0 Å². The van der Waals surface area contributed by atoms with Crippen molar-refractivity contribution in [3.8, 4) is 0 Å². The van der Waals surface area contributed by atoms with Crippen molar-refractivity contribution in [3.05, 3.63) is 29.3 Å². The molecule has 1 saturated heterocycles. The van der Waals surface area contributed by atoms with E-state index in [1.807, 2.05) is 6.92 Å². The van der Waals surface area contributed by atoms with Crippen LogP contribution in [0.4, 0.5) is 5.69 Å². The van der Waals surface area contributed by atoms with E-state index in [-0.39, 0.29) is 36.8 Å². The van der Waals surface area contributed by atoms with E-state index < -0.39 is 0 Å². The van der Waals surface area contributed by atoms with Crippen LogP contribution in [0.1, 0.15) is 26.2 Å². The number of amides is 2. The number of aliphatic hydroxyl groups is 1. The van der Waals surface area contributed by atoms with E-state index >= 15 is 0 Å². The third kappa shape index (κ3) is 3.99. The number of benzene rings is 1. The molecule has 0 bridgehead atoms. The topological polar surface area (TPSA) is 69.6 Å². The van der Waals surface area contributed by atoms with Gasteiger partial charge in [-0.2, -0.15) is 0 Å². The summed E-state index contributed by atoms with van der Waals surface area (Å²) in [6.45, 7) is 2.38. The molecule has 1 aliphatic rings. The van der Waals surface area contributed by atoms with Gasteiger partial charge in [0.1, 0.15) is 0 Å². The van der Waals surface area contributed by atoms with Gasteiger partial charge in [-0.3, -0.25) is 9.59 Å². The second-order valence-corrected chi connectivity index (χ2v) is 5.94. The predicted octanol–water partition coefficient (Wildman–Crippen LogP) is 1.97. The zero-order chi connectivity index (χ0) is 16.1. The van der Waals surface area contributed by atoms with Gasteiger partial charge in [-0.1, -0.05) is 18.5 Å². The van der Waals surface area contributed by atoms with Crippen molar-refractivity contribution < 1.29 is 14.7 Å². The molecular weight excluding hydrogens is 304 g/mol. The SMILES string of the molecule is CCC(CCO)NC(=O)C1CC(=O)N(c2ccc(Cl)cc2)C1. The molecule has 0 spiro atoms. The normalized spacial score (nSPS) is 19.3. The minimum absolute atomic E-state index is 0.0410. The molecule has 22 heavy (non-hydrogen) atoms. The summed E-state index contributed by atoms with van der Waals surface area (Å²) in [4.78, 5) is 26.0. The molecule has 0 radical (unpaired) electrons. The molecule has 0 aromatic heterocycles. The molecule has 1 aromatic rings. The Balaban J connectivity index is 1.99. The molecule has 0 aliphatic carbocycles. The molecule has 2 N–H and O–H groups in total. The largest absolute Gasteiger partial charge is 0.396 e. The van der Waals surface area contributed by atoms with Gasteiger partial charge in [0.2, 0.25) is 11.8 Å². The summed E-state index contributed by atoms with van der Waals surface area (Å²) >= 11 is 5.85. The predicted molar refractivity (Wildman–Crippen MR) is 85.8 cm³/mol. The first-order valence-electron chi connectivity index (χ1n) is 7.52. The monoisotopic (exact) mass is 324 g/mol. The zero-order valence-corrected chi connectivity index (χ0v) is 13.3. The number of halogens is 1. The van der Waals surface area contributed by atoms with E-state index in [9.17, 15) is 9.59 Å². The van der Waals surface area contributed by atoms with Crippen LogP contribution in [0.3, 0.4) is 0 Å². The van der Waals surface area contributed by atoms with Crippen molar-refractivity contribution in [1.29, 1.82) is 0 Å². The molecule has 120 valence electrons. The Hall–Kier alpha value is -1.59. The van der Waals surface area contributed by atoms with E-state index in [2.05, 4.69) is 5.32 Å². The molecule has 1 heterocycles. The van der Waals surface area contributed by atoms with Gasteiger partial charge in [-0.25, -0.2) is 0 Å². The summed E-state index contributed by atoms with van der Waals surface area (Å²) in [6, 6.07) is 6.97. The Labute approximate surface area is 135 Å². The lowest BCUT2D eigenvalue weighted by Crippen LogP contribution is -2.40. The Bertz CT molecular complexity index is 533. The van der Waals surface area contributed by atoms with Gasteiger partial charge in [-0.15, -0.1) is 0 Å². The Morgan fingerprint density at radius 3 is 2.73 bits per heavy atom. The van der Waals surface area contributed by atoms with Crippen LogP contribution >= 0.6 is 11.6 Å². The number of nitrogens with one attached hydrogen (secondary N) is 1. The van der Waals surface area contributed by atoms with Crippen molar-refractivity contribution in [2.75, 3.05) is 18.1 Å². The Morgan fingerprint density at radius 1 is 1.45 bits per heavy atom. The van der Waals surface area contributed by atoms with Crippen LogP contribution in [0, 0.1) is 5.92 Å². The molecule has 2 rings (SSSR count). The van der Waals surface area contributed by atoms with Crippen molar-refractivity contribution in [1.82, 2.24) is 5.32 Å². The number of carbonyl (C=O) groups is 2. The second-order valence-electron chi connectivity index (χ2n) is 5.51. The van der Waals surface area contributed by atoms with Crippen molar-refractivity contribution >= 4 is 29.1 Å². The fourth-order valence-corrected chi connectivity index (χ4v) is 2.73. The lowest BCUT2D eigenvalue weighted by Gasteiger charge is -2.19. The lowest BCUT2D eigenvalue weighted by molar-refractivity contribution is -0.127. The maximum absolute atomic E-state index is 12.3. The number of aliphatic hydroxyl groups excluding tert-OH is 1. The smallest absolute Gasteiger partial charge is 0.227 e. The maximum Gasteiger partial charge on any atom is 0.227 e. The molecule has 6 heteroatoms. The molecule has 2 unspecified atom stereocenters. The first kappa shape index (κ1) is 16.8. The number of anilines is 1. The third-order valence-electron chi connectivity index (χ3n) is 3.95. The van der Waals surface area contributed by atoms with Gasteiger partial charge in [0.25, 0.3) is 0 Å². The average molecular weight is 325 g/mol. The number of hydrogen-bond donors (Lipinski definition) is 2. The van der Waals surface area contributed by atoms with E-state index in [0.717, 1.165) is 12.1 Å².